The van der Waals surface area contributed by atoms with Crippen LogP contribution in [0.4, 0.5) is 5.13 Å². The van der Waals surface area contributed by atoms with Crippen molar-refractivity contribution in [3.63, 3.8) is 0 Å². The number of rotatable bonds is 2. The van der Waals surface area contributed by atoms with Gasteiger partial charge in [-0.3, -0.25) is 0 Å². The Morgan fingerprint density at radius 2 is 2.07 bits per heavy atom. The largest absolute Gasteiger partial charge is 0.392 e. The van der Waals surface area contributed by atoms with E-state index in [9.17, 15) is 5.11 Å². The summed E-state index contributed by atoms with van der Waals surface area (Å²) in [6.45, 7) is 0. The lowest BCUT2D eigenvalue weighted by Gasteiger charge is -2.17. The normalized spacial score (nSPS) is 27.5. The molecule has 0 aromatic carbocycles. The van der Waals surface area contributed by atoms with Gasteiger partial charge in [0.1, 0.15) is 0 Å². The fraction of sp³-hybridized carbons (Fsp3) is 0.778. The number of aliphatic hydroxyl groups excluding tert-OH is 1. The molecule has 1 aromatic rings. The minimum absolute atomic E-state index is 0.206. The molecule has 1 heterocycles. The molecule has 1 aliphatic carbocycles. The first kappa shape index (κ1) is 11.2. The molecule has 0 spiro atoms. The summed E-state index contributed by atoms with van der Waals surface area (Å²) < 4.78 is 0.874. The minimum Gasteiger partial charge on any atom is -0.392 e. The Morgan fingerprint density at radius 1 is 1.27 bits per heavy atom. The van der Waals surface area contributed by atoms with Gasteiger partial charge >= 0.3 is 0 Å². The highest BCUT2D eigenvalue weighted by molar-refractivity contribution is 8.01. The lowest BCUT2D eigenvalue weighted by Crippen LogP contribution is -2.21. The quantitative estimate of drug-likeness (QED) is 0.779. The topological polar surface area (TPSA) is 72.0 Å². The van der Waals surface area contributed by atoms with Gasteiger partial charge in [0.25, 0.3) is 0 Å². The van der Waals surface area contributed by atoms with Gasteiger partial charge in [0, 0.05) is 5.25 Å². The van der Waals surface area contributed by atoms with Crippen LogP contribution in [0.3, 0.4) is 0 Å². The maximum atomic E-state index is 9.92. The Morgan fingerprint density at radius 3 is 2.80 bits per heavy atom. The van der Waals surface area contributed by atoms with E-state index in [0.29, 0.717) is 5.13 Å². The number of aliphatic hydroxyl groups is 1. The van der Waals surface area contributed by atoms with Crippen molar-refractivity contribution in [3.8, 4) is 0 Å². The zero-order valence-corrected chi connectivity index (χ0v) is 10.1. The molecule has 0 unspecified atom stereocenters. The van der Waals surface area contributed by atoms with Crippen LogP contribution in [-0.2, 0) is 0 Å². The highest BCUT2D eigenvalue weighted by atomic mass is 32.2. The third-order valence-electron chi connectivity index (χ3n) is 2.59. The Bertz CT molecular complexity index is 318. The molecule has 0 radical (unpaired) electrons. The molecule has 1 aliphatic rings. The van der Waals surface area contributed by atoms with E-state index in [1.54, 1.807) is 11.8 Å². The Labute approximate surface area is 97.3 Å². The van der Waals surface area contributed by atoms with Crippen LogP contribution in [0.1, 0.15) is 32.1 Å². The molecule has 0 amide bonds. The highest BCUT2D eigenvalue weighted by Crippen LogP contribution is 2.34. The van der Waals surface area contributed by atoms with Crippen molar-refractivity contribution in [2.24, 2.45) is 0 Å². The molecular formula is C9H15N3OS2. The van der Waals surface area contributed by atoms with Crippen molar-refractivity contribution in [2.75, 3.05) is 5.73 Å². The Balaban J connectivity index is 1.97. The van der Waals surface area contributed by atoms with E-state index < -0.39 is 0 Å². The summed E-state index contributed by atoms with van der Waals surface area (Å²) in [5, 5.41) is 18.4. The SMILES string of the molecule is Nc1nnc(S[C@@H]2CCCCC[C@H]2O)s1. The van der Waals surface area contributed by atoms with Gasteiger partial charge in [-0.2, -0.15) is 0 Å². The van der Waals surface area contributed by atoms with E-state index >= 15 is 0 Å². The van der Waals surface area contributed by atoms with Crippen molar-refractivity contribution >= 4 is 28.2 Å². The van der Waals surface area contributed by atoms with E-state index in [4.69, 9.17) is 5.73 Å². The van der Waals surface area contributed by atoms with Gasteiger partial charge in [0.05, 0.1) is 6.10 Å². The van der Waals surface area contributed by atoms with E-state index in [1.807, 2.05) is 0 Å². The van der Waals surface area contributed by atoms with Crippen molar-refractivity contribution in [1.82, 2.24) is 10.2 Å². The fourth-order valence-corrected chi connectivity index (χ4v) is 3.88. The van der Waals surface area contributed by atoms with E-state index in [-0.39, 0.29) is 11.4 Å². The Hall–Kier alpha value is -0.330. The van der Waals surface area contributed by atoms with E-state index in [2.05, 4.69) is 10.2 Å². The summed E-state index contributed by atoms with van der Waals surface area (Å²) >= 11 is 3.02. The average Bonchev–Trinajstić information content (AvgIpc) is 2.50. The zero-order chi connectivity index (χ0) is 10.7. The third-order valence-corrected chi connectivity index (χ3v) is 4.81. The van der Waals surface area contributed by atoms with Gasteiger partial charge in [-0.15, -0.1) is 10.2 Å². The molecule has 15 heavy (non-hydrogen) atoms. The van der Waals surface area contributed by atoms with Gasteiger partial charge in [0.15, 0.2) is 4.34 Å². The zero-order valence-electron chi connectivity index (χ0n) is 8.43. The summed E-state index contributed by atoms with van der Waals surface area (Å²) in [5.74, 6) is 0. The molecule has 0 bridgehead atoms. The second-order valence-corrected chi connectivity index (χ2v) is 6.26. The summed E-state index contributed by atoms with van der Waals surface area (Å²) in [5.41, 5.74) is 5.52. The summed E-state index contributed by atoms with van der Waals surface area (Å²) in [4.78, 5) is 0. The van der Waals surface area contributed by atoms with Crippen LogP contribution in [0.25, 0.3) is 0 Å². The van der Waals surface area contributed by atoms with Crippen LogP contribution < -0.4 is 5.73 Å². The molecule has 2 rings (SSSR count). The number of aromatic nitrogens is 2. The number of hydrogen-bond donors (Lipinski definition) is 2. The average molecular weight is 245 g/mol. The van der Waals surface area contributed by atoms with Gasteiger partial charge < -0.3 is 10.8 Å². The van der Waals surface area contributed by atoms with Crippen molar-refractivity contribution in [3.05, 3.63) is 0 Å². The molecule has 84 valence electrons. The van der Waals surface area contributed by atoms with Gasteiger partial charge in [-0.25, -0.2) is 0 Å². The van der Waals surface area contributed by atoms with E-state index in [1.165, 1.54) is 24.2 Å². The second-order valence-electron chi connectivity index (χ2n) is 3.77. The summed E-state index contributed by atoms with van der Waals surface area (Å²) in [7, 11) is 0. The lowest BCUT2D eigenvalue weighted by molar-refractivity contribution is 0.163. The standard InChI is InChI=1S/C9H15N3OS2/c10-8-11-12-9(15-8)14-7-5-3-1-2-4-6(7)13/h6-7,13H,1-5H2,(H2,10,11)/t6-,7-/m1/s1. The molecule has 6 heteroatoms. The predicted molar refractivity (Wildman–Crippen MR) is 63.1 cm³/mol. The van der Waals surface area contributed by atoms with Crippen LogP contribution in [-0.4, -0.2) is 26.7 Å². The van der Waals surface area contributed by atoms with Crippen molar-refractivity contribution in [1.29, 1.82) is 0 Å². The van der Waals surface area contributed by atoms with Crippen molar-refractivity contribution in [2.45, 2.75) is 47.8 Å². The van der Waals surface area contributed by atoms with Gasteiger partial charge in [0.2, 0.25) is 5.13 Å². The summed E-state index contributed by atoms with van der Waals surface area (Å²) in [6, 6.07) is 0. The van der Waals surface area contributed by atoms with Crippen LogP contribution in [0.2, 0.25) is 0 Å². The van der Waals surface area contributed by atoms with Crippen LogP contribution in [0.15, 0.2) is 4.34 Å². The smallest absolute Gasteiger partial charge is 0.203 e. The summed E-state index contributed by atoms with van der Waals surface area (Å²) in [6.07, 6.45) is 5.32. The number of hydrogen-bond acceptors (Lipinski definition) is 6. The Kier molecular flexibility index (Phi) is 3.82. The molecule has 1 aromatic heterocycles. The van der Waals surface area contributed by atoms with Crippen LogP contribution in [0.5, 0.6) is 0 Å². The lowest BCUT2D eigenvalue weighted by atomic mass is 10.1. The molecule has 0 aliphatic heterocycles. The first-order valence-corrected chi connectivity index (χ1v) is 6.89. The molecule has 1 saturated carbocycles. The first-order chi connectivity index (χ1) is 7.25. The second kappa shape index (κ2) is 5.14. The molecule has 2 atom stereocenters. The maximum Gasteiger partial charge on any atom is 0.203 e. The fourth-order valence-electron chi connectivity index (χ4n) is 1.79. The number of thioether (sulfide) groups is 1. The van der Waals surface area contributed by atoms with Crippen molar-refractivity contribution < 1.29 is 5.11 Å². The molecule has 3 N–H and O–H groups in total. The van der Waals surface area contributed by atoms with E-state index in [0.717, 1.165) is 23.6 Å². The monoisotopic (exact) mass is 245 g/mol. The third kappa shape index (κ3) is 3.06. The predicted octanol–water partition coefficient (Wildman–Crippen LogP) is 1.91. The minimum atomic E-state index is -0.206. The number of nitrogens with two attached hydrogens (primary N) is 1. The number of nitrogens with zero attached hydrogens (tertiary/aromatic N) is 2. The van der Waals surface area contributed by atoms with Gasteiger partial charge in [-0.05, 0) is 12.8 Å². The molecular weight excluding hydrogens is 230 g/mol. The maximum absolute atomic E-state index is 9.92. The molecule has 1 fully saturated rings. The highest BCUT2D eigenvalue weighted by Gasteiger charge is 2.23. The van der Waals surface area contributed by atoms with Crippen LogP contribution in [0, 0.1) is 0 Å². The number of nitrogen functional groups attached to an aromatic ring is 1. The first-order valence-electron chi connectivity index (χ1n) is 5.19. The van der Waals surface area contributed by atoms with Gasteiger partial charge in [-0.1, -0.05) is 42.4 Å². The number of anilines is 1. The molecule has 0 saturated heterocycles. The van der Waals surface area contributed by atoms with Crippen LogP contribution >= 0.6 is 23.1 Å². The molecule has 4 nitrogen and oxygen atoms in total.